The molecule has 0 heterocycles. The van der Waals surface area contributed by atoms with Crippen LogP contribution in [0.5, 0.6) is 0 Å². The minimum atomic E-state index is -0.290. The van der Waals surface area contributed by atoms with Gasteiger partial charge in [-0.1, -0.05) is 48.0 Å². The molecule has 1 N–H and O–H groups in total. The van der Waals surface area contributed by atoms with E-state index in [-0.39, 0.29) is 11.9 Å². The number of rotatable bonds is 5. The molecular weight excluding hydrogens is 261 g/mol. The van der Waals surface area contributed by atoms with E-state index in [2.05, 4.69) is 17.4 Å². The topological polar surface area (TPSA) is 12.0 Å². The summed E-state index contributed by atoms with van der Waals surface area (Å²) in [5, 5.41) is 3.80. The quantitative estimate of drug-likeness (QED) is 0.856. The normalized spacial score (nSPS) is 12.4. The van der Waals surface area contributed by atoms with Crippen molar-refractivity contribution >= 4 is 11.6 Å². The molecule has 0 radical (unpaired) electrons. The fourth-order valence-corrected chi connectivity index (χ4v) is 2.45. The van der Waals surface area contributed by atoms with Crippen molar-refractivity contribution in [2.45, 2.75) is 18.9 Å². The predicted octanol–water partition coefficient (Wildman–Crippen LogP) is 4.37. The van der Waals surface area contributed by atoms with Crippen LogP contribution >= 0.6 is 11.6 Å². The highest BCUT2D eigenvalue weighted by atomic mass is 35.5. The number of hydrogen-bond donors (Lipinski definition) is 1. The highest BCUT2D eigenvalue weighted by Gasteiger charge is 2.10. The Bertz CT molecular complexity index is 528. The van der Waals surface area contributed by atoms with Crippen molar-refractivity contribution in [1.29, 1.82) is 0 Å². The van der Waals surface area contributed by atoms with E-state index in [0.29, 0.717) is 5.02 Å². The smallest absolute Gasteiger partial charge is 0.124 e. The summed E-state index contributed by atoms with van der Waals surface area (Å²) in [5.74, 6) is -0.290. The number of benzene rings is 2. The van der Waals surface area contributed by atoms with Gasteiger partial charge in [-0.15, -0.1) is 0 Å². The van der Waals surface area contributed by atoms with Crippen LogP contribution in [0, 0.1) is 5.82 Å². The van der Waals surface area contributed by atoms with Crippen LogP contribution in [0.4, 0.5) is 4.39 Å². The Labute approximate surface area is 118 Å². The molecule has 0 bridgehead atoms. The molecule has 1 atom stereocenters. The van der Waals surface area contributed by atoms with Crippen LogP contribution < -0.4 is 5.32 Å². The Balaban J connectivity index is 2.04. The molecule has 2 aromatic rings. The summed E-state index contributed by atoms with van der Waals surface area (Å²) in [5.41, 5.74) is 2.24. The molecule has 0 aromatic heterocycles. The van der Waals surface area contributed by atoms with Crippen LogP contribution in [0.1, 0.15) is 23.6 Å². The van der Waals surface area contributed by atoms with Crippen molar-refractivity contribution in [3.8, 4) is 0 Å². The lowest BCUT2D eigenvalue weighted by molar-refractivity contribution is 0.548. The summed E-state index contributed by atoms with van der Waals surface area (Å²) in [6, 6.07) is 15.1. The molecule has 0 aliphatic heterocycles. The summed E-state index contributed by atoms with van der Waals surface area (Å²) in [4.78, 5) is 0. The van der Waals surface area contributed by atoms with E-state index in [4.69, 9.17) is 11.6 Å². The zero-order chi connectivity index (χ0) is 13.7. The zero-order valence-corrected chi connectivity index (χ0v) is 11.6. The third-order valence-corrected chi connectivity index (χ3v) is 3.62. The number of hydrogen-bond acceptors (Lipinski definition) is 1. The molecule has 0 aliphatic carbocycles. The van der Waals surface area contributed by atoms with E-state index in [0.717, 1.165) is 18.4 Å². The lowest BCUT2D eigenvalue weighted by atomic mass is 9.99. The Morgan fingerprint density at radius 3 is 2.53 bits per heavy atom. The maximum atomic E-state index is 13.0. The van der Waals surface area contributed by atoms with Crippen LogP contribution in [-0.4, -0.2) is 7.05 Å². The predicted molar refractivity (Wildman–Crippen MR) is 78.0 cm³/mol. The van der Waals surface area contributed by atoms with Crippen LogP contribution in [0.2, 0.25) is 5.02 Å². The van der Waals surface area contributed by atoms with Gasteiger partial charge in [0.1, 0.15) is 5.82 Å². The third-order valence-electron chi connectivity index (χ3n) is 3.27. The van der Waals surface area contributed by atoms with Crippen LogP contribution in [-0.2, 0) is 6.42 Å². The van der Waals surface area contributed by atoms with Gasteiger partial charge in [0.05, 0.1) is 0 Å². The van der Waals surface area contributed by atoms with Crippen molar-refractivity contribution < 1.29 is 4.39 Å². The van der Waals surface area contributed by atoms with Crippen molar-refractivity contribution in [2.75, 3.05) is 7.05 Å². The zero-order valence-electron chi connectivity index (χ0n) is 10.9. The van der Waals surface area contributed by atoms with Gasteiger partial charge in [-0.3, -0.25) is 0 Å². The van der Waals surface area contributed by atoms with Gasteiger partial charge in [0, 0.05) is 11.1 Å². The largest absolute Gasteiger partial charge is 0.313 e. The van der Waals surface area contributed by atoms with Gasteiger partial charge in [0.2, 0.25) is 0 Å². The molecule has 0 saturated heterocycles. The molecule has 0 amide bonds. The molecule has 0 spiro atoms. The van der Waals surface area contributed by atoms with Gasteiger partial charge >= 0.3 is 0 Å². The minimum absolute atomic E-state index is 0.280. The van der Waals surface area contributed by atoms with Crippen LogP contribution in [0.15, 0.2) is 48.5 Å². The molecule has 3 heteroatoms. The average molecular weight is 278 g/mol. The second kappa shape index (κ2) is 6.69. The lowest BCUT2D eigenvalue weighted by Gasteiger charge is -2.17. The summed E-state index contributed by atoms with van der Waals surface area (Å²) < 4.78 is 13.0. The average Bonchev–Trinajstić information content (AvgIpc) is 2.43. The molecule has 0 aliphatic rings. The van der Waals surface area contributed by atoms with Crippen LogP contribution in [0.25, 0.3) is 0 Å². The van der Waals surface area contributed by atoms with Crippen molar-refractivity contribution in [3.63, 3.8) is 0 Å². The molecule has 1 nitrogen and oxygen atoms in total. The van der Waals surface area contributed by atoms with Crippen LogP contribution in [0.3, 0.4) is 0 Å². The maximum Gasteiger partial charge on any atom is 0.124 e. The summed E-state index contributed by atoms with van der Waals surface area (Å²) in [7, 11) is 1.95. The molecular formula is C16H17ClFN. The first-order valence-corrected chi connectivity index (χ1v) is 6.74. The second-order valence-electron chi connectivity index (χ2n) is 4.53. The Morgan fingerprint density at radius 2 is 1.89 bits per heavy atom. The standard InChI is InChI=1S/C16H17ClFN/c1-19-16(13-5-3-2-4-6-13)10-8-12-7-9-14(18)11-15(12)17/h2-7,9,11,16,19H,8,10H2,1H3. The summed E-state index contributed by atoms with van der Waals surface area (Å²) in [6.45, 7) is 0. The lowest BCUT2D eigenvalue weighted by Crippen LogP contribution is -2.17. The molecule has 0 saturated carbocycles. The van der Waals surface area contributed by atoms with E-state index in [1.165, 1.54) is 17.7 Å². The van der Waals surface area contributed by atoms with E-state index >= 15 is 0 Å². The summed E-state index contributed by atoms with van der Waals surface area (Å²) in [6.07, 6.45) is 1.74. The van der Waals surface area contributed by atoms with Gasteiger partial charge in [0.15, 0.2) is 0 Å². The highest BCUT2D eigenvalue weighted by Crippen LogP contribution is 2.23. The fraction of sp³-hybridized carbons (Fsp3) is 0.250. The van der Waals surface area contributed by atoms with E-state index < -0.39 is 0 Å². The van der Waals surface area contributed by atoms with Gasteiger partial charge in [0.25, 0.3) is 0 Å². The minimum Gasteiger partial charge on any atom is -0.313 e. The third kappa shape index (κ3) is 3.79. The van der Waals surface area contributed by atoms with Crippen molar-refractivity contribution in [2.24, 2.45) is 0 Å². The Hall–Kier alpha value is -1.38. The van der Waals surface area contributed by atoms with E-state index in [1.54, 1.807) is 6.07 Å². The SMILES string of the molecule is CNC(CCc1ccc(F)cc1Cl)c1ccccc1. The highest BCUT2D eigenvalue weighted by molar-refractivity contribution is 6.31. The molecule has 0 fully saturated rings. The number of aryl methyl sites for hydroxylation is 1. The summed E-state index contributed by atoms with van der Waals surface area (Å²) >= 11 is 6.04. The van der Waals surface area contributed by atoms with Gasteiger partial charge in [-0.05, 0) is 43.1 Å². The Morgan fingerprint density at radius 1 is 1.16 bits per heavy atom. The molecule has 2 rings (SSSR count). The van der Waals surface area contributed by atoms with Gasteiger partial charge in [-0.25, -0.2) is 4.39 Å². The van der Waals surface area contributed by atoms with E-state index in [1.807, 2.05) is 25.2 Å². The first kappa shape index (κ1) is 14.0. The first-order chi connectivity index (χ1) is 9.20. The van der Waals surface area contributed by atoms with E-state index in [9.17, 15) is 4.39 Å². The first-order valence-electron chi connectivity index (χ1n) is 6.37. The number of halogens is 2. The molecule has 19 heavy (non-hydrogen) atoms. The molecule has 2 aromatic carbocycles. The fourth-order valence-electron chi connectivity index (χ4n) is 2.19. The maximum absolute atomic E-state index is 13.0. The van der Waals surface area contributed by atoms with Gasteiger partial charge in [-0.2, -0.15) is 0 Å². The second-order valence-corrected chi connectivity index (χ2v) is 4.93. The van der Waals surface area contributed by atoms with Crippen molar-refractivity contribution in [1.82, 2.24) is 5.32 Å². The number of nitrogens with one attached hydrogen (secondary N) is 1. The van der Waals surface area contributed by atoms with Crippen molar-refractivity contribution in [3.05, 3.63) is 70.5 Å². The molecule has 1 unspecified atom stereocenters. The Kier molecular flexibility index (Phi) is 4.94. The monoisotopic (exact) mass is 277 g/mol. The molecule has 100 valence electrons. The van der Waals surface area contributed by atoms with Gasteiger partial charge < -0.3 is 5.32 Å².